The van der Waals surface area contributed by atoms with Gasteiger partial charge in [0.25, 0.3) is 17.4 Å². The van der Waals surface area contributed by atoms with Crippen LogP contribution in [0.4, 0.5) is 13.2 Å². The average molecular weight is 586 g/mol. The number of halogens is 4. The van der Waals surface area contributed by atoms with Crippen LogP contribution < -0.4 is 10.9 Å². The molecule has 2 aliphatic rings. The zero-order chi connectivity index (χ0) is 27.0. The monoisotopic (exact) mass is 585 g/mol. The molecule has 0 spiro atoms. The Bertz CT molecular complexity index is 1500. The number of nitrogens with one attached hydrogen (secondary N) is 1. The molecule has 5 rings (SSSR count). The predicted octanol–water partition coefficient (Wildman–Crippen LogP) is 5.05. The fourth-order valence-electron chi connectivity index (χ4n) is 5.19. The van der Waals surface area contributed by atoms with E-state index in [0.29, 0.717) is 24.1 Å². The van der Waals surface area contributed by atoms with Crippen LogP contribution in [0.15, 0.2) is 81.7 Å². The molecular weight excluding hydrogens is 563 g/mol. The van der Waals surface area contributed by atoms with Gasteiger partial charge in [-0.2, -0.15) is 13.2 Å². The Labute approximate surface area is 224 Å². The van der Waals surface area contributed by atoms with E-state index in [2.05, 4.69) is 21.2 Å². The number of rotatable bonds is 4. The van der Waals surface area contributed by atoms with E-state index in [-0.39, 0.29) is 34.2 Å². The average Bonchev–Trinajstić information content (AvgIpc) is 2.88. The molecule has 2 aromatic carbocycles. The van der Waals surface area contributed by atoms with Crippen molar-refractivity contribution in [1.82, 2.24) is 14.8 Å². The Morgan fingerprint density at radius 1 is 0.974 bits per heavy atom. The molecule has 10 heteroatoms. The molecular formula is C28H23BrF3N3O3. The van der Waals surface area contributed by atoms with Gasteiger partial charge in [-0.1, -0.05) is 30.3 Å². The number of hydrogen-bond acceptors (Lipinski definition) is 3. The highest BCUT2D eigenvalue weighted by Gasteiger charge is 2.37. The summed E-state index contributed by atoms with van der Waals surface area (Å²) >= 11 is 3.32. The summed E-state index contributed by atoms with van der Waals surface area (Å²) < 4.78 is 42.2. The minimum absolute atomic E-state index is 0.0408. The van der Waals surface area contributed by atoms with Crippen molar-refractivity contribution in [2.75, 3.05) is 13.1 Å². The van der Waals surface area contributed by atoms with Gasteiger partial charge in [0, 0.05) is 41.8 Å². The Morgan fingerprint density at radius 3 is 2.50 bits per heavy atom. The van der Waals surface area contributed by atoms with E-state index in [1.807, 2.05) is 6.07 Å². The van der Waals surface area contributed by atoms with Crippen molar-refractivity contribution in [3.8, 4) is 0 Å². The lowest BCUT2D eigenvalue weighted by atomic mass is 9.83. The van der Waals surface area contributed by atoms with E-state index in [9.17, 15) is 27.6 Å². The highest BCUT2D eigenvalue weighted by Crippen LogP contribution is 2.35. The number of hydrogen-bond donors (Lipinski definition) is 1. The number of fused-ring (bicyclic) bond motifs is 4. The van der Waals surface area contributed by atoms with Gasteiger partial charge in [-0.25, -0.2) is 0 Å². The van der Waals surface area contributed by atoms with Crippen molar-refractivity contribution in [1.29, 1.82) is 0 Å². The number of carbonyl (C=O) groups excluding carboxylic acids is 2. The van der Waals surface area contributed by atoms with Crippen LogP contribution in [0.25, 0.3) is 6.08 Å². The topological polar surface area (TPSA) is 71.4 Å². The number of carbonyl (C=O) groups is 2. The number of aromatic nitrogens is 1. The minimum Gasteiger partial charge on any atom is -0.336 e. The maximum Gasteiger partial charge on any atom is 0.416 e. The number of pyridine rings is 1. The summed E-state index contributed by atoms with van der Waals surface area (Å²) in [5.74, 6) is -1.09. The quantitative estimate of drug-likeness (QED) is 0.436. The van der Waals surface area contributed by atoms with E-state index in [4.69, 9.17) is 0 Å². The normalized spacial score (nSPS) is 19.1. The Kier molecular flexibility index (Phi) is 7.00. The molecule has 3 heterocycles. The lowest BCUT2D eigenvalue weighted by molar-refractivity contribution is -0.137. The van der Waals surface area contributed by atoms with Crippen LogP contribution in [0, 0.1) is 5.92 Å². The summed E-state index contributed by atoms with van der Waals surface area (Å²) in [4.78, 5) is 40.8. The predicted molar refractivity (Wildman–Crippen MR) is 139 cm³/mol. The van der Waals surface area contributed by atoms with Crippen LogP contribution in [0.5, 0.6) is 0 Å². The molecule has 2 amide bonds. The number of likely N-dealkylation sites (tertiary alicyclic amines) is 1. The first-order valence-corrected chi connectivity index (χ1v) is 12.8. The van der Waals surface area contributed by atoms with Gasteiger partial charge in [0.15, 0.2) is 0 Å². The first-order valence-electron chi connectivity index (χ1n) is 12.0. The summed E-state index contributed by atoms with van der Waals surface area (Å²) in [6.07, 6.45) is -2.46. The fraction of sp³-hybridized carbons (Fsp3) is 0.250. The van der Waals surface area contributed by atoms with Crippen LogP contribution in [0.3, 0.4) is 0 Å². The molecule has 1 fully saturated rings. The van der Waals surface area contributed by atoms with Crippen LogP contribution in [-0.2, 0) is 17.5 Å². The third-order valence-corrected chi connectivity index (χ3v) is 7.58. The second-order valence-corrected chi connectivity index (χ2v) is 10.4. The lowest BCUT2D eigenvalue weighted by Gasteiger charge is -2.43. The van der Waals surface area contributed by atoms with Gasteiger partial charge in [0.05, 0.1) is 11.1 Å². The molecule has 2 bridgehead atoms. The third kappa shape index (κ3) is 5.31. The Morgan fingerprint density at radius 2 is 1.74 bits per heavy atom. The molecule has 2 aliphatic heterocycles. The Hall–Kier alpha value is -3.66. The fourth-order valence-corrected chi connectivity index (χ4v) is 5.66. The molecule has 2 atom stereocenters. The molecule has 1 N–H and O–H groups in total. The largest absolute Gasteiger partial charge is 0.416 e. The standard InChI is InChI=1S/C28H23BrF3N3O3/c29-22-8-2-1-7-21(22)26(37)33-23(13-17-5-3-6-20(12-17)28(30,31)32)27(38)34-14-18-11-19(16-34)24-9-4-10-25(36)35(24)15-18/h1-10,12-13,18-19H,11,14-16H2,(H,33,37). The maximum absolute atomic E-state index is 13.8. The lowest BCUT2D eigenvalue weighted by Crippen LogP contribution is -2.50. The highest BCUT2D eigenvalue weighted by atomic mass is 79.9. The second-order valence-electron chi connectivity index (χ2n) is 9.52. The number of amides is 2. The van der Waals surface area contributed by atoms with Gasteiger partial charge in [-0.05, 0) is 70.2 Å². The number of nitrogens with zero attached hydrogens (tertiary/aromatic N) is 2. The van der Waals surface area contributed by atoms with Crippen LogP contribution in [0.2, 0.25) is 0 Å². The van der Waals surface area contributed by atoms with Crippen molar-refractivity contribution >= 4 is 33.8 Å². The van der Waals surface area contributed by atoms with Crippen molar-refractivity contribution in [3.63, 3.8) is 0 Å². The molecule has 1 aromatic heterocycles. The highest BCUT2D eigenvalue weighted by molar-refractivity contribution is 9.10. The Balaban J connectivity index is 1.48. The van der Waals surface area contributed by atoms with Gasteiger partial charge >= 0.3 is 6.18 Å². The van der Waals surface area contributed by atoms with Gasteiger partial charge in [0.1, 0.15) is 5.70 Å². The van der Waals surface area contributed by atoms with Crippen LogP contribution in [0.1, 0.15) is 39.5 Å². The summed E-state index contributed by atoms with van der Waals surface area (Å²) in [6, 6.07) is 16.3. The smallest absolute Gasteiger partial charge is 0.336 e. The molecule has 3 aromatic rings. The van der Waals surface area contributed by atoms with Gasteiger partial charge in [0.2, 0.25) is 0 Å². The van der Waals surface area contributed by atoms with Crippen molar-refractivity contribution in [2.24, 2.45) is 5.92 Å². The van der Waals surface area contributed by atoms with E-state index in [0.717, 1.165) is 24.2 Å². The van der Waals surface area contributed by atoms with Crippen LogP contribution >= 0.6 is 15.9 Å². The molecule has 196 valence electrons. The summed E-state index contributed by atoms with van der Waals surface area (Å²) in [7, 11) is 0. The molecule has 1 saturated heterocycles. The van der Waals surface area contributed by atoms with Crippen molar-refractivity contribution in [3.05, 3.63) is 110 Å². The van der Waals surface area contributed by atoms with E-state index in [1.165, 1.54) is 24.3 Å². The van der Waals surface area contributed by atoms with Crippen molar-refractivity contribution in [2.45, 2.75) is 25.1 Å². The molecule has 0 saturated carbocycles. The third-order valence-electron chi connectivity index (χ3n) is 6.89. The summed E-state index contributed by atoms with van der Waals surface area (Å²) in [5, 5.41) is 2.64. The maximum atomic E-state index is 13.8. The molecule has 0 aliphatic carbocycles. The van der Waals surface area contributed by atoms with Gasteiger partial charge in [-0.3, -0.25) is 14.4 Å². The first kappa shape index (κ1) is 26.0. The summed E-state index contributed by atoms with van der Waals surface area (Å²) in [6.45, 7) is 1.16. The summed E-state index contributed by atoms with van der Waals surface area (Å²) in [5.41, 5.74) is 0.193. The molecule has 0 radical (unpaired) electrons. The zero-order valence-corrected chi connectivity index (χ0v) is 21.6. The number of piperidine rings is 1. The number of alkyl halides is 3. The van der Waals surface area contributed by atoms with Crippen LogP contribution in [-0.4, -0.2) is 34.4 Å². The molecule has 6 nitrogen and oxygen atoms in total. The molecule has 2 unspecified atom stereocenters. The van der Waals surface area contributed by atoms with Crippen molar-refractivity contribution < 1.29 is 22.8 Å². The second kappa shape index (κ2) is 10.2. The van der Waals surface area contributed by atoms with E-state index in [1.54, 1.807) is 39.8 Å². The van der Waals surface area contributed by atoms with Gasteiger partial charge in [-0.15, -0.1) is 0 Å². The first-order chi connectivity index (χ1) is 18.1. The van der Waals surface area contributed by atoms with E-state index >= 15 is 0 Å². The minimum atomic E-state index is -4.55. The molecule has 38 heavy (non-hydrogen) atoms. The van der Waals surface area contributed by atoms with E-state index < -0.39 is 23.6 Å². The zero-order valence-electron chi connectivity index (χ0n) is 20.0. The number of benzene rings is 2. The SMILES string of the molecule is O=C(NC(=Cc1cccc(C(F)(F)F)c1)C(=O)N1CC2CC(C1)c1cccc(=O)n1C2)c1ccccc1Br. The van der Waals surface area contributed by atoms with Gasteiger partial charge < -0.3 is 14.8 Å².